The van der Waals surface area contributed by atoms with Crippen molar-refractivity contribution >= 4 is 5.91 Å². The summed E-state index contributed by atoms with van der Waals surface area (Å²) in [6.45, 7) is 5.93. The molecule has 0 saturated heterocycles. The fourth-order valence-corrected chi connectivity index (χ4v) is 0.861. The van der Waals surface area contributed by atoms with Gasteiger partial charge in [-0.05, 0) is 13.5 Å². The van der Waals surface area contributed by atoms with Crippen molar-refractivity contribution in [3.8, 4) is 0 Å². The minimum atomic E-state index is -0.541. The molecule has 84 valence electrons. The molecule has 0 fully saturated rings. The molecule has 14 heavy (non-hydrogen) atoms. The van der Waals surface area contributed by atoms with Gasteiger partial charge in [-0.25, -0.2) is 0 Å². The van der Waals surface area contributed by atoms with Gasteiger partial charge < -0.3 is 20.5 Å². The Morgan fingerprint density at radius 2 is 2.14 bits per heavy atom. The summed E-state index contributed by atoms with van der Waals surface area (Å²) in [5.74, 6) is -0.192. The van der Waals surface area contributed by atoms with Crippen molar-refractivity contribution in [1.29, 1.82) is 0 Å². The van der Waals surface area contributed by atoms with E-state index >= 15 is 0 Å². The molecular weight excluding hydrogens is 184 g/mol. The van der Waals surface area contributed by atoms with Crippen LogP contribution < -0.4 is 10.6 Å². The smallest absolute Gasteiger partial charge is 0.246 e. The van der Waals surface area contributed by atoms with Gasteiger partial charge in [-0.15, -0.1) is 0 Å². The maximum absolute atomic E-state index is 11.0. The number of ether oxygens (including phenoxy) is 1. The molecular formula is C9H20N2O3. The summed E-state index contributed by atoms with van der Waals surface area (Å²) in [5, 5.41) is 14.9. The van der Waals surface area contributed by atoms with Crippen molar-refractivity contribution in [3.05, 3.63) is 0 Å². The van der Waals surface area contributed by atoms with Crippen LogP contribution in [0.15, 0.2) is 0 Å². The zero-order valence-corrected chi connectivity index (χ0v) is 8.88. The summed E-state index contributed by atoms with van der Waals surface area (Å²) < 4.78 is 4.90. The van der Waals surface area contributed by atoms with E-state index in [4.69, 9.17) is 4.74 Å². The molecule has 0 aromatic rings. The van der Waals surface area contributed by atoms with Crippen molar-refractivity contribution in [3.63, 3.8) is 0 Å². The van der Waals surface area contributed by atoms with Crippen LogP contribution in [0.25, 0.3) is 0 Å². The van der Waals surface area contributed by atoms with Crippen molar-refractivity contribution in [2.24, 2.45) is 0 Å². The number of hydrogen-bond acceptors (Lipinski definition) is 4. The van der Waals surface area contributed by atoms with Crippen molar-refractivity contribution in [2.45, 2.75) is 20.0 Å². The Morgan fingerprint density at radius 3 is 2.71 bits per heavy atom. The Bertz CT molecular complexity index is 153. The van der Waals surface area contributed by atoms with Crippen molar-refractivity contribution < 1.29 is 14.6 Å². The Kier molecular flexibility index (Phi) is 8.51. The second kappa shape index (κ2) is 8.93. The fourth-order valence-electron chi connectivity index (χ4n) is 0.861. The molecule has 1 unspecified atom stereocenters. The highest BCUT2D eigenvalue weighted by Gasteiger charge is 2.05. The Labute approximate surface area is 84.8 Å². The quantitative estimate of drug-likeness (QED) is 0.480. The number of carbonyl (C=O) groups excluding carboxylic acids is 1. The maximum Gasteiger partial charge on any atom is 0.246 e. The molecule has 1 atom stereocenters. The molecule has 0 rings (SSSR count). The molecule has 0 aliphatic rings. The molecule has 3 N–H and O–H groups in total. The van der Waals surface area contributed by atoms with Crippen LogP contribution in [0.4, 0.5) is 0 Å². The van der Waals surface area contributed by atoms with E-state index in [1.807, 2.05) is 13.8 Å². The lowest BCUT2D eigenvalue weighted by Crippen LogP contribution is -2.39. The molecule has 0 aromatic heterocycles. The summed E-state index contributed by atoms with van der Waals surface area (Å²) in [6.07, 6.45) is -0.541. The van der Waals surface area contributed by atoms with Crippen LogP contribution in [0.3, 0.4) is 0 Å². The van der Waals surface area contributed by atoms with E-state index in [9.17, 15) is 9.90 Å². The zero-order valence-electron chi connectivity index (χ0n) is 8.88. The largest absolute Gasteiger partial charge is 0.390 e. The van der Waals surface area contributed by atoms with E-state index in [1.165, 1.54) is 0 Å². The Balaban J connectivity index is 3.36. The molecule has 0 heterocycles. The molecule has 0 bridgehead atoms. The molecule has 0 aliphatic heterocycles. The predicted octanol–water partition coefficient (Wildman–Crippen LogP) is -0.890. The van der Waals surface area contributed by atoms with E-state index in [2.05, 4.69) is 10.6 Å². The Hall–Kier alpha value is -0.650. The van der Waals surface area contributed by atoms with Gasteiger partial charge in [0.25, 0.3) is 0 Å². The number of hydrogen-bond donors (Lipinski definition) is 3. The predicted molar refractivity (Wildman–Crippen MR) is 54.1 cm³/mol. The van der Waals surface area contributed by atoms with E-state index in [-0.39, 0.29) is 19.1 Å². The number of rotatable bonds is 8. The second-order valence-corrected chi connectivity index (χ2v) is 2.90. The van der Waals surface area contributed by atoms with Crippen LogP contribution in [-0.2, 0) is 9.53 Å². The number of nitrogens with one attached hydrogen (secondary N) is 2. The van der Waals surface area contributed by atoms with E-state index < -0.39 is 6.10 Å². The molecule has 0 radical (unpaired) electrons. The first-order chi connectivity index (χ1) is 6.70. The van der Waals surface area contributed by atoms with Gasteiger partial charge >= 0.3 is 0 Å². The lowest BCUT2D eigenvalue weighted by atomic mass is 10.3. The number of amides is 1. The molecule has 5 nitrogen and oxygen atoms in total. The van der Waals surface area contributed by atoms with Gasteiger partial charge in [0.05, 0.1) is 6.10 Å². The Morgan fingerprint density at radius 1 is 1.43 bits per heavy atom. The van der Waals surface area contributed by atoms with Gasteiger partial charge in [0, 0.05) is 19.7 Å². The van der Waals surface area contributed by atoms with Crippen LogP contribution >= 0.6 is 0 Å². The average molecular weight is 204 g/mol. The third kappa shape index (κ3) is 7.97. The van der Waals surface area contributed by atoms with Gasteiger partial charge in [-0.1, -0.05) is 6.92 Å². The molecule has 0 spiro atoms. The van der Waals surface area contributed by atoms with E-state index in [0.717, 1.165) is 6.54 Å². The third-order valence-corrected chi connectivity index (χ3v) is 1.60. The lowest BCUT2D eigenvalue weighted by molar-refractivity contribution is -0.125. The minimum Gasteiger partial charge on any atom is -0.390 e. The standard InChI is InChI=1S/C9H20N2O3/c1-3-10-5-8(12)6-11-9(13)7-14-4-2/h8,10,12H,3-7H2,1-2H3,(H,11,13). The highest BCUT2D eigenvalue weighted by atomic mass is 16.5. The average Bonchev–Trinajstić information content (AvgIpc) is 2.20. The highest BCUT2D eigenvalue weighted by Crippen LogP contribution is 1.79. The third-order valence-electron chi connectivity index (χ3n) is 1.60. The fraction of sp³-hybridized carbons (Fsp3) is 0.889. The highest BCUT2D eigenvalue weighted by molar-refractivity contribution is 5.77. The number of likely N-dealkylation sites (N-methyl/N-ethyl adjacent to an activating group) is 1. The van der Waals surface area contributed by atoms with Crippen molar-refractivity contribution in [1.82, 2.24) is 10.6 Å². The minimum absolute atomic E-state index is 0.0599. The molecule has 5 heteroatoms. The van der Waals surface area contributed by atoms with Gasteiger partial charge in [0.15, 0.2) is 0 Å². The summed E-state index contributed by atoms with van der Waals surface area (Å²) in [4.78, 5) is 11.0. The van der Waals surface area contributed by atoms with Crippen LogP contribution in [0.5, 0.6) is 0 Å². The SMILES string of the molecule is CCNCC(O)CNC(=O)COCC. The molecule has 1 amide bonds. The van der Waals surface area contributed by atoms with Crippen LogP contribution in [-0.4, -0.2) is 50.0 Å². The summed E-state index contributed by atoms with van der Waals surface area (Å²) in [7, 11) is 0. The topological polar surface area (TPSA) is 70.6 Å². The van der Waals surface area contributed by atoms with Crippen LogP contribution in [0, 0.1) is 0 Å². The number of carbonyl (C=O) groups is 1. The number of aliphatic hydroxyl groups is 1. The van der Waals surface area contributed by atoms with Gasteiger partial charge in [0.2, 0.25) is 5.91 Å². The van der Waals surface area contributed by atoms with Crippen molar-refractivity contribution in [2.75, 3.05) is 32.8 Å². The summed E-state index contributed by atoms with van der Waals surface area (Å²) >= 11 is 0. The summed E-state index contributed by atoms with van der Waals surface area (Å²) in [6, 6.07) is 0. The van der Waals surface area contributed by atoms with Gasteiger partial charge in [-0.2, -0.15) is 0 Å². The molecule has 0 aromatic carbocycles. The van der Waals surface area contributed by atoms with Gasteiger partial charge in [0.1, 0.15) is 6.61 Å². The summed E-state index contributed by atoms with van der Waals surface area (Å²) in [5.41, 5.74) is 0. The maximum atomic E-state index is 11.0. The van der Waals surface area contributed by atoms with Crippen LogP contribution in [0.1, 0.15) is 13.8 Å². The monoisotopic (exact) mass is 204 g/mol. The van der Waals surface area contributed by atoms with Crippen LogP contribution in [0.2, 0.25) is 0 Å². The lowest BCUT2D eigenvalue weighted by Gasteiger charge is -2.11. The van der Waals surface area contributed by atoms with E-state index in [1.54, 1.807) is 0 Å². The first kappa shape index (κ1) is 13.4. The molecule has 0 aliphatic carbocycles. The zero-order chi connectivity index (χ0) is 10.8. The normalized spacial score (nSPS) is 12.5. The first-order valence-electron chi connectivity index (χ1n) is 4.93. The van der Waals surface area contributed by atoms with Gasteiger partial charge in [-0.3, -0.25) is 4.79 Å². The van der Waals surface area contributed by atoms with E-state index in [0.29, 0.717) is 13.2 Å². The second-order valence-electron chi connectivity index (χ2n) is 2.90. The first-order valence-corrected chi connectivity index (χ1v) is 4.93. The number of aliphatic hydroxyl groups excluding tert-OH is 1. The molecule has 0 saturated carbocycles.